The van der Waals surface area contributed by atoms with Crippen LogP contribution in [-0.2, 0) is 4.79 Å². The molecular weight excluding hydrogens is 483 g/mol. The van der Waals surface area contributed by atoms with E-state index in [4.69, 9.17) is 4.99 Å². The zero-order valence-electron chi connectivity index (χ0n) is 18.0. The highest BCUT2D eigenvalue weighted by atomic mass is 127. The Kier molecular flexibility index (Phi) is 8.99. The second-order valence-electron chi connectivity index (χ2n) is 8.49. The topological polar surface area (TPSA) is 89.1 Å². The molecule has 0 bridgehead atoms. The van der Waals surface area contributed by atoms with Gasteiger partial charge in [0.25, 0.3) is 5.91 Å². The molecule has 0 spiro atoms. The van der Waals surface area contributed by atoms with Crippen LogP contribution in [0.3, 0.4) is 0 Å². The lowest BCUT2D eigenvalue weighted by Crippen LogP contribution is -2.55. The first-order valence-electron chi connectivity index (χ1n) is 10.8. The van der Waals surface area contributed by atoms with Crippen molar-refractivity contribution in [1.82, 2.24) is 25.8 Å². The van der Waals surface area contributed by atoms with Gasteiger partial charge in [-0.25, -0.2) is 4.79 Å². The van der Waals surface area contributed by atoms with Gasteiger partial charge in [-0.3, -0.25) is 20.0 Å². The van der Waals surface area contributed by atoms with Crippen LogP contribution in [-0.4, -0.2) is 78.5 Å². The van der Waals surface area contributed by atoms with Crippen molar-refractivity contribution >= 4 is 41.9 Å². The highest BCUT2D eigenvalue weighted by Crippen LogP contribution is 2.30. The van der Waals surface area contributed by atoms with Crippen molar-refractivity contribution in [2.24, 2.45) is 10.9 Å². The molecule has 3 heterocycles. The van der Waals surface area contributed by atoms with E-state index in [1.807, 2.05) is 6.92 Å². The first-order chi connectivity index (χ1) is 13.4. The summed E-state index contributed by atoms with van der Waals surface area (Å²) in [6.45, 7) is 11.8. The standard InChI is InChI=1S/C20H36N6O2.HI/c1-4-21-18(22-10-14-25-11-6-5-7-15(25)2)26-12-8-16(9-13-26)20(3)17(27)23-19(28)24-20;/h15-16H,4-14H2,1-3H3,(H,21,22)(H2,23,24,27,28);1H. The third kappa shape index (κ3) is 5.74. The van der Waals surface area contributed by atoms with E-state index in [9.17, 15) is 9.59 Å². The highest BCUT2D eigenvalue weighted by Gasteiger charge is 2.48. The van der Waals surface area contributed by atoms with Crippen molar-refractivity contribution in [3.05, 3.63) is 0 Å². The first-order valence-corrected chi connectivity index (χ1v) is 10.8. The fraction of sp³-hybridized carbons (Fsp3) is 0.850. The second kappa shape index (κ2) is 10.8. The molecule has 2 unspecified atom stereocenters. The molecule has 0 aromatic carbocycles. The number of urea groups is 1. The molecule has 8 nitrogen and oxygen atoms in total. The molecule has 0 aromatic rings. The number of hydrogen-bond acceptors (Lipinski definition) is 4. The molecule has 166 valence electrons. The van der Waals surface area contributed by atoms with E-state index in [0.29, 0.717) is 6.04 Å². The fourth-order valence-electron chi connectivity index (χ4n) is 4.71. The van der Waals surface area contributed by atoms with E-state index in [0.717, 1.165) is 51.5 Å². The van der Waals surface area contributed by atoms with Gasteiger partial charge in [0.2, 0.25) is 0 Å². The Labute approximate surface area is 191 Å². The molecule has 0 saturated carbocycles. The van der Waals surface area contributed by atoms with Crippen LogP contribution in [0.4, 0.5) is 4.79 Å². The maximum absolute atomic E-state index is 12.2. The molecule has 3 fully saturated rings. The van der Waals surface area contributed by atoms with Crippen molar-refractivity contribution in [3.8, 4) is 0 Å². The van der Waals surface area contributed by atoms with Crippen molar-refractivity contribution in [2.75, 3.05) is 39.3 Å². The number of imide groups is 1. The van der Waals surface area contributed by atoms with Crippen LogP contribution in [0.2, 0.25) is 0 Å². The average molecular weight is 520 g/mol. The van der Waals surface area contributed by atoms with Gasteiger partial charge in [0.1, 0.15) is 5.54 Å². The number of rotatable bonds is 5. The summed E-state index contributed by atoms with van der Waals surface area (Å²) in [6, 6.07) is 0.285. The number of nitrogens with zero attached hydrogens (tertiary/aromatic N) is 3. The Morgan fingerprint density at radius 1 is 1.21 bits per heavy atom. The van der Waals surface area contributed by atoms with E-state index in [2.05, 4.69) is 39.6 Å². The van der Waals surface area contributed by atoms with E-state index in [1.54, 1.807) is 0 Å². The molecule has 2 atom stereocenters. The van der Waals surface area contributed by atoms with Gasteiger partial charge in [0.15, 0.2) is 5.96 Å². The molecule has 3 saturated heterocycles. The van der Waals surface area contributed by atoms with Crippen LogP contribution in [0.1, 0.15) is 52.9 Å². The Morgan fingerprint density at radius 3 is 2.52 bits per heavy atom. The quantitative estimate of drug-likeness (QED) is 0.223. The van der Waals surface area contributed by atoms with E-state index < -0.39 is 5.54 Å². The van der Waals surface area contributed by atoms with Gasteiger partial charge < -0.3 is 15.5 Å². The number of amides is 3. The van der Waals surface area contributed by atoms with Gasteiger partial charge in [-0.1, -0.05) is 6.42 Å². The van der Waals surface area contributed by atoms with Crippen LogP contribution in [0.15, 0.2) is 4.99 Å². The number of carbonyl (C=O) groups is 2. The minimum absolute atomic E-state index is 0. The highest BCUT2D eigenvalue weighted by molar-refractivity contribution is 14.0. The molecule has 3 aliphatic rings. The van der Waals surface area contributed by atoms with E-state index >= 15 is 0 Å². The number of guanidine groups is 1. The second-order valence-corrected chi connectivity index (χ2v) is 8.49. The van der Waals surface area contributed by atoms with Crippen LogP contribution < -0.4 is 16.0 Å². The van der Waals surface area contributed by atoms with E-state index in [-0.39, 0.29) is 41.8 Å². The maximum atomic E-state index is 12.2. The monoisotopic (exact) mass is 520 g/mol. The number of halogens is 1. The van der Waals surface area contributed by atoms with Gasteiger partial charge >= 0.3 is 6.03 Å². The molecule has 0 aromatic heterocycles. The largest absolute Gasteiger partial charge is 0.357 e. The summed E-state index contributed by atoms with van der Waals surface area (Å²) in [5.74, 6) is 0.912. The number of piperidine rings is 2. The maximum Gasteiger partial charge on any atom is 0.322 e. The zero-order chi connectivity index (χ0) is 20.1. The fourth-order valence-corrected chi connectivity index (χ4v) is 4.71. The summed E-state index contributed by atoms with van der Waals surface area (Å²) >= 11 is 0. The molecule has 3 rings (SSSR count). The van der Waals surface area contributed by atoms with Gasteiger partial charge in [-0.05, 0) is 58.9 Å². The summed E-state index contributed by atoms with van der Waals surface area (Å²) in [5, 5.41) is 8.62. The smallest absolute Gasteiger partial charge is 0.322 e. The predicted molar refractivity (Wildman–Crippen MR) is 126 cm³/mol. The van der Waals surface area contributed by atoms with Gasteiger partial charge in [0.05, 0.1) is 6.54 Å². The SMILES string of the molecule is CCNC(=NCCN1CCCCC1C)N1CCC(C2(C)NC(=O)NC2=O)CC1.I. The first kappa shape index (κ1) is 24.2. The molecule has 0 radical (unpaired) electrons. The number of hydrogen-bond donors (Lipinski definition) is 3. The van der Waals surface area contributed by atoms with Crippen molar-refractivity contribution in [1.29, 1.82) is 0 Å². The third-order valence-corrected chi connectivity index (χ3v) is 6.61. The normalized spacial score (nSPS) is 29.3. The van der Waals surface area contributed by atoms with Crippen LogP contribution >= 0.6 is 24.0 Å². The summed E-state index contributed by atoms with van der Waals surface area (Å²) in [7, 11) is 0. The number of nitrogens with one attached hydrogen (secondary N) is 3. The van der Waals surface area contributed by atoms with Crippen molar-refractivity contribution in [3.63, 3.8) is 0 Å². The molecule has 3 aliphatic heterocycles. The Morgan fingerprint density at radius 2 is 1.93 bits per heavy atom. The summed E-state index contributed by atoms with van der Waals surface area (Å²) in [4.78, 5) is 33.5. The Bertz CT molecular complexity index is 608. The Balaban J connectivity index is 0.00000300. The van der Waals surface area contributed by atoms with Crippen LogP contribution in [0.5, 0.6) is 0 Å². The minimum Gasteiger partial charge on any atom is -0.357 e. The lowest BCUT2D eigenvalue weighted by molar-refractivity contribution is -0.125. The number of aliphatic imine (C=N–C) groups is 1. The number of likely N-dealkylation sites (tertiary alicyclic amines) is 2. The lowest BCUT2D eigenvalue weighted by atomic mass is 9.79. The molecule has 29 heavy (non-hydrogen) atoms. The summed E-state index contributed by atoms with van der Waals surface area (Å²) in [5.41, 5.74) is -0.789. The van der Waals surface area contributed by atoms with Crippen LogP contribution in [0.25, 0.3) is 0 Å². The minimum atomic E-state index is -0.789. The average Bonchev–Trinajstić information content (AvgIpc) is 2.95. The molecular formula is C20H37IN6O2. The van der Waals surface area contributed by atoms with Gasteiger partial charge in [-0.15, -0.1) is 24.0 Å². The van der Waals surface area contributed by atoms with Gasteiger partial charge in [-0.2, -0.15) is 0 Å². The summed E-state index contributed by atoms with van der Waals surface area (Å²) < 4.78 is 0. The molecule has 3 N–H and O–H groups in total. The Hall–Kier alpha value is -1.10. The molecule has 0 aliphatic carbocycles. The summed E-state index contributed by atoms with van der Waals surface area (Å²) in [6.07, 6.45) is 5.65. The lowest BCUT2D eigenvalue weighted by Gasteiger charge is -2.39. The third-order valence-electron chi connectivity index (χ3n) is 6.61. The van der Waals surface area contributed by atoms with Crippen LogP contribution in [0, 0.1) is 5.92 Å². The van der Waals surface area contributed by atoms with Crippen molar-refractivity contribution in [2.45, 2.75) is 64.5 Å². The van der Waals surface area contributed by atoms with Gasteiger partial charge in [0, 0.05) is 32.2 Å². The predicted octanol–water partition coefficient (Wildman–Crippen LogP) is 1.75. The zero-order valence-corrected chi connectivity index (χ0v) is 20.3. The van der Waals surface area contributed by atoms with Crippen molar-refractivity contribution < 1.29 is 9.59 Å². The van der Waals surface area contributed by atoms with E-state index in [1.165, 1.54) is 25.8 Å². The molecule has 9 heteroatoms. The number of carbonyl (C=O) groups excluding carboxylic acids is 2. The molecule has 3 amide bonds.